The van der Waals surface area contributed by atoms with Crippen molar-refractivity contribution in [3.05, 3.63) is 46.4 Å². The van der Waals surface area contributed by atoms with Crippen LogP contribution in [0.4, 0.5) is 5.69 Å². The van der Waals surface area contributed by atoms with Crippen molar-refractivity contribution in [3.63, 3.8) is 0 Å². The molecule has 0 aromatic heterocycles. The fraction of sp³-hybridized carbons (Fsp3) is 0.118. The smallest absolute Gasteiger partial charge is 0.329 e. The summed E-state index contributed by atoms with van der Waals surface area (Å²) < 4.78 is 16.3. The normalized spacial score (nSPS) is 12.1. The highest BCUT2D eigenvalue weighted by atomic mass is 79.9. The highest BCUT2D eigenvalue weighted by molar-refractivity contribution is 9.10. The molecule has 0 radical (unpaired) electrons. The lowest BCUT2D eigenvalue weighted by Gasteiger charge is -2.05. The molecule has 0 spiro atoms. The van der Waals surface area contributed by atoms with Crippen molar-refractivity contribution in [3.8, 4) is 17.2 Å². The molecule has 2 N–H and O–H groups in total. The van der Waals surface area contributed by atoms with Gasteiger partial charge in [-0.25, -0.2) is 5.43 Å². The predicted octanol–water partition coefficient (Wildman–Crippen LogP) is 2.28. The van der Waals surface area contributed by atoms with E-state index in [1.165, 1.54) is 13.3 Å². The molecule has 2 aromatic carbocycles. The number of nitrogens with one attached hydrogen (secondary N) is 2. The highest BCUT2D eigenvalue weighted by Gasteiger charge is 2.16. The van der Waals surface area contributed by atoms with Gasteiger partial charge in [0.2, 0.25) is 6.79 Å². The Balaban J connectivity index is 1.57. The molecule has 0 atom stereocenters. The number of ether oxygens (including phenoxy) is 3. The Morgan fingerprint density at radius 1 is 1.15 bits per heavy atom. The molecule has 1 aliphatic rings. The molecular weight excluding hydrogens is 406 g/mol. The Kier molecular flexibility index (Phi) is 5.37. The van der Waals surface area contributed by atoms with Crippen LogP contribution in [0.3, 0.4) is 0 Å². The van der Waals surface area contributed by atoms with E-state index in [1.54, 1.807) is 36.4 Å². The van der Waals surface area contributed by atoms with Crippen LogP contribution in [0.1, 0.15) is 5.56 Å². The number of benzene rings is 2. The van der Waals surface area contributed by atoms with Crippen molar-refractivity contribution in [1.82, 2.24) is 5.43 Å². The minimum atomic E-state index is -0.895. The van der Waals surface area contributed by atoms with Crippen LogP contribution in [0.5, 0.6) is 17.2 Å². The number of nitrogens with zero attached hydrogens (tertiary/aromatic N) is 1. The summed E-state index contributed by atoms with van der Waals surface area (Å²) in [7, 11) is 1.54. The van der Waals surface area contributed by atoms with Gasteiger partial charge in [-0.2, -0.15) is 5.10 Å². The molecule has 2 aromatic rings. The first-order valence-corrected chi connectivity index (χ1v) is 8.23. The summed E-state index contributed by atoms with van der Waals surface area (Å²) in [6, 6.07) is 10.0. The summed E-state index contributed by atoms with van der Waals surface area (Å²) in [5.74, 6) is 0.118. The molecule has 0 aliphatic carbocycles. The van der Waals surface area contributed by atoms with E-state index >= 15 is 0 Å². The summed E-state index contributed by atoms with van der Waals surface area (Å²) in [6.45, 7) is 0.157. The van der Waals surface area contributed by atoms with E-state index in [0.717, 1.165) is 0 Å². The van der Waals surface area contributed by atoms with Crippen molar-refractivity contribution in [2.75, 3.05) is 19.2 Å². The number of fused-ring (bicyclic) bond motifs is 1. The fourth-order valence-electron chi connectivity index (χ4n) is 2.11. The minimum absolute atomic E-state index is 0.157. The van der Waals surface area contributed by atoms with Crippen LogP contribution in [-0.2, 0) is 9.59 Å². The molecule has 1 heterocycles. The second kappa shape index (κ2) is 7.87. The van der Waals surface area contributed by atoms with Crippen molar-refractivity contribution in [1.29, 1.82) is 0 Å². The molecule has 8 nitrogen and oxygen atoms in total. The van der Waals surface area contributed by atoms with E-state index in [0.29, 0.717) is 33.0 Å². The Morgan fingerprint density at radius 3 is 2.54 bits per heavy atom. The first-order chi connectivity index (χ1) is 12.6. The number of halogens is 1. The van der Waals surface area contributed by atoms with Gasteiger partial charge in [-0.1, -0.05) is 0 Å². The zero-order valence-corrected chi connectivity index (χ0v) is 15.2. The second-order valence-electron chi connectivity index (χ2n) is 5.11. The van der Waals surface area contributed by atoms with Crippen molar-refractivity contribution >= 4 is 39.6 Å². The predicted molar refractivity (Wildman–Crippen MR) is 97.6 cm³/mol. The number of hydrogen-bond donors (Lipinski definition) is 2. The molecule has 0 fully saturated rings. The number of hydrazone groups is 1. The highest BCUT2D eigenvalue weighted by Crippen LogP contribution is 2.36. The van der Waals surface area contributed by atoms with E-state index in [-0.39, 0.29) is 6.79 Å². The molecule has 3 rings (SSSR count). The maximum atomic E-state index is 11.9. The van der Waals surface area contributed by atoms with Crippen LogP contribution in [0.2, 0.25) is 0 Å². The van der Waals surface area contributed by atoms with Crippen LogP contribution in [0.25, 0.3) is 0 Å². The number of rotatable bonds is 4. The monoisotopic (exact) mass is 419 g/mol. The van der Waals surface area contributed by atoms with E-state index in [4.69, 9.17) is 14.2 Å². The fourth-order valence-corrected chi connectivity index (χ4v) is 2.53. The molecular formula is C17H14BrN3O5. The molecule has 0 saturated carbocycles. The van der Waals surface area contributed by atoms with E-state index in [2.05, 4.69) is 31.8 Å². The average molecular weight is 420 g/mol. The lowest BCUT2D eigenvalue weighted by Crippen LogP contribution is -2.32. The third kappa shape index (κ3) is 4.12. The van der Waals surface area contributed by atoms with E-state index in [9.17, 15) is 9.59 Å². The van der Waals surface area contributed by atoms with Gasteiger partial charge in [0.1, 0.15) is 5.75 Å². The van der Waals surface area contributed by atoms with Gasteiger partial charge in [0.05, 0.1) is 13.3 Å². The molecule has 1 aliphatic heterocycles. The number of methoxy groups -OCH3 is 1. The summed E-state index contributed by atoms with van der Waals surface area (Å²) in [6.07, 6.45) is 1.39. The zero-order valence-electron chi connectivity index (χ0n) is 13.6. The Morgan fingerprint density at radius 2 is 1.85 bits per heavy atom. The number of amides is 2. The molecule has 2 amide bonds. The Bertz CT molecular complexity index is 867. The SMILES string of the molecule is COc1ccc(NC(=O)C(=O)N/N=C/c2cc3c(cc2Br)OCO3)cc1. The first kappa shape index (κ1) is 17.7. The quantitative estimate of drug-likeness (QED) is 0.449. The lowest BCUT2D eigenvalue weighted by molar-refractivity contribution is -0.136. The van der Waals surface area contributed by atoms with Crippen LogP contribution >= 0.6 is 15.9 Å². The van der Waals surface area contributed by atoms with Gasteiger partial charge in [-0.15, -0.1) is 0 Å². The maximum Gasteiger partial charge on any atom is 0.329 e. The second-order valence-corrected chi connectivity index (χ2v) is 5.96. The van der Waals surface area contributed by atoms with Crippen LogP contribution in [0.15, 0.2) is 46.0 Å². The van der Waals surface area contributed by atoms with Gasteiger partial charge in [-0.3, -0.25) is 9.59 Å². The number of anilines is 1. The van der Waals surface area contributed by atoms with Crippen molar-refractivity contribution < 1.29 is 23.8 Å². The maximum absolute atomic E-state index is 11.9. The van der Waals surface area contributed by atoms with Gasteiger partial charge < -0.3 is 19.5 Å². The number of carbonyl (C=O) groups is 2. The third-order valence-corrected chi connectivity index (χ3v) is 4.10. The average Bonchev–Trinajstić information content (AvgIpc) is 3.09. The Hall–Kier alpha value is -3.07. The molecule has 26 heavy (non-hydrogen) atoms. The van der Waals surface area contributed by atoms with Crippen molar-refractivity contribution in [2.24, 2.45) is 5.10 Å². The molecule has 0 unspecified atom stereocenters. The first-order valence-electron chi connectivity index (χ1n) is 7.44. The molecule has 9 heteroatoms. The molecule has 0 bridgehead atoms. The standard InChI is InChI=1S/C17H14BrN3O5/c1-24-12-4-2-11(3-5-12)20-16(22)17(23)21-19-8-10-6-14-15(7-13(10)18)26-9-25-14/h2-8H,9H2,1H3,(H,20,22)(H,21,23)/b19-8+. The van der Waals surface area contributed by atoms with Crippen LogP contribution in [0, 0.1) is 0 Å². The summed E-state index contributed by atoms with van der Waals surface area (Å²) in [4.78, 5) is 23.7. The van der Waals surface area contributed by atoms with E-state index in [1.807, 2.05) is 0 Å². The van der Waals surface area contributed by atoms with Gasteiger partial charge in [0, 0.05) is 15.7 Å². The van der Waals surface area contributed by atoms with Gasteiger partial charge >= 0.3 is 11.8 Å². The van der Waals surface area contributed by atoms with Crippen LogP contribution < -0.4 is 25.0 Å². The van der Waals surface area contributed by atoms with E-state index < -0.39 is 11.8 Å². The zero-order chi connectivity index (χ0) is 18.5. The summed E-state index contributed by atoms with van der Waals surface area (Å²) in [5.41, 5.74) is 3.29. The molecule has 0 saturated heterocycles. The Labute approximate surface area is 157 Å². The third-order valence-electron chi connectivity index (χ3n) is 3.42. The number of carbonyl (C=O) groups excluding carboxylic acids is 2. The van der Waals surface area contributed by atoms with Gasteiger partial charge in [0.25, 0.3) is 0 Å². The van der Waals surface area contributed by atoms with Gasteiger partial charge in [0.15, 0.2) is 11.5 Å². The van der Waals surface area contributed by atoms with Crippen molar-refractivity contribution in [2.45, 2.75) is 0 Å². The summed E-state index contributed by atoms with van der Waals surface area (Å²) >= 11 is 3.37. The van der Waals surface area contributed by atoms with Gasteiger partial charge in [-0.05, 0) is 52.3 Å². The topological polar surface area (TPSA) is 98.2 Å². The van der Waals surface area contributed by atoms with Crippen LogP contribution in [-0.4, -0.2) is 31.9 Å². The summed E-state index contributed by atoms with van der Waals surface area (Å²) in [5, 5.41) is 6.25. The lowest BCUT2D eigenvalue weighted by atomic mass is 10.2. The minimum Gasteiger partial charge on any atom is -0.497 e. The largest absolute Gasteiger partial charge is 0.497 e. The molecule has 134 valence electrons. The number of hydrogen-bond acceptors (Lipinski definition) is 6.